The van der Waals surface area contributed by atoms with Gasteiger partial charge >= 0.3 is 5.69 Å². The molecule has 1 heterocycles. The summed E-state index contributed by atoms with van der Waals surface area (Å²) in [6, 6.07) is 4.22. The number of aryl methyl sites for hydroxylation is 3. The van der Waals surface area contributed by atoms with Crippen LogP contribution in [0.2, 0.25) is 0 Å². The van der Waals surface area contributed by atoms with Crippen molar-refractivity contribution >= 4 is 11.0 Å². The van der Waals surface area contributed by atoms with Crippen molar-refractivity contribution in [1.29, 1.82) is 0 Å². The minimum atomic E-state index is 0.0245. The SMILES string of the molecule is CCn1c(=O)[nH]c2ccc3c(c21)CCCC3. The predicted molar refractivity (Wildman–Crippen MR) is 64.9 cm³/mol. The molecule has 0 amide bonds. The highest BCUT2D eigenvalue weighted by Crippen LogP contribution is 2.27. The van der Waals surface area contributed by atoms with Crippen LogP contribution in [0.4, 0.5) is 0 Å². The molecular weight excluding hydrogens is 200 g/mol. The van der Waals surface area contributed by atoms with E-state index in [0.717, 1.165) is 30.4 Å². The van der Waals surface area contributed by atoms with Crippen LogP contribution < -0.4 is 5.69 Å². The van der Waals surface area contributed by atoms with Crippen LogP contribution in [0.25, 0.3) is 11.0 Å². The zero-order valence-electron chi connectivity index (χ0n) is 9.55. The van der Waals surface area contributed by atoms with E-state index in [-0.39, 0.29) is 5.69 Å². The van der Waals surface area contributed by atoms with Gasteiger partial charge in [0.2, 0.25) is 0 Å². The number of aromatic amines is 1. The number of fused-ring (bicyclic) bond motifs is 3. The molecule has 2 aromatic rings. The average molecular weight is 216 g/mol. The number of H-pyrrole nitrogens is 1. The van der Waals surface area contributed by atoms with Crippen LogP contribution in [0.15, 0.2) is 16.9 Å². The second-order valence-corrected chi connectivity index (χ2v) is 4.48. The van der Waals surface area contributed by atoms with Crippen molar-refractivity contribution < 1.29 is 0 Å². The molecule has 0 aliphatic heterocycles. The van der Waals surface area contributed by atoms with E-state index in [0.29, 0.717) is 0 Å². The lowest BCUT2D eigenvalue weighted by atomic mass is 9.91. The zero-order valence-corrected chi connectivity index (χ0v) is 9.55. The molecule has 0 atom stereocenters. The maximum atomic E-state index is 11.8. The van der Waals surface area contributed by atoms with Gasteiger partial charge in [-0.1, -0.05) is 6.07 Å². The molecule has 0 radical (unpaired) electrons. The van der Waals surface area contributed by atoms with Crippen LogP contribution in [0.3, 0.4) is 0 Å². The fourth-order valence-electron chi connectivity index (χ4n) is 2.80. The van der Waals surface area contributed by atoms with Crippen molar-refractivity contribution in [2.75, 3.05) is 0 Å². The number of nitrogens with zero attached hydrogens (tertiary/aromatic N) is 1. The second-order valence-electron chi connectivity index (χ2n) is 4.48. The largest absolute Gasteiger partial charge is 0.326 e. The Bertz CT molecular complexity index is 592. The molecule has 0 saturated carbocycles. The van der Waals surface area contributed by atoms with Gasteiger partial charge in [-0.05, 0) is 49.8 Å². The lowest BCUT2D eigenvalue weighted by Crippen LogP contribution is -2.16. The normalized spacial score (nSPS) is 15.3. The first-order valence-corrected chi connectivity index (χ1v) is 6.04. The fraction of sp³-hybridized carbons (Fsp3) is 0.462. The highest BCUT2D eigenvalue weighted by Gasteiger charge is 2.16. The highest BCUT2D eigenvalue weighted by atomic mass is 16.1. The Morgan fingerprint density at radius 1 is 1.31 bits per heavy atom. The molecule has 0 unspecified atom stereocenters. The average Bonchev–Trinajstić information content (AvgIpc) is 2.65. The monoisotopic (exact) mass is 216 g/mol. The Balaban J connectivity index is 2.40. The van der Waals surface area contributed by atoms with Crippen molar-refractivity contribution in [3.63, 3.8) is 0 Å². The van der Waals surface area contributed by atoms with Gasteiger partial charge in [0.15, 0.2) is 0 Å². The lowest BCUT2D eigenvalue weighted by molar-refractivity contribution is 0.680. The lowest BCUT2D eigenvalue weighted by Gasteiger charge is -2.17. The summed E-state index contributed by atoms with van der Waals surface area (Å²) >= 11 is 0. The quantitative estimate of drug-likeness (QED) is 0.780. The van der Waals surface area contributed by atoms with E-state index in [1.807, 2.05) is 17.6 Å². The summed E-state index contributed by atoms with van der Waals surface area (Å²) < 4.78 is 1.86. The molecule has 1 N–H and O–H groups in total. The summed E-state index contributed by atoms with van der Waals surface area (Å²) in [6.07, 6.45) is 4.80. The number of aromatic nitrogens is 2. The Morgan fingerprint density at radius 2 is 2.12 bits per heavy atom. The number of rotatable bonds is 1. The summed E-state index contributed by atoms with van der Waals surface area (Å²) in [5, 5.41) is 0. The van der Waals surface area contributed by atoms with Gasteiger partial charge in [0.1, 0.15) is 0 Å². The zero-order chi connectivity index (χ0) is 11.1. The highest BCUT2D eigenvalue weighted by molar-refractivity contribution is 5.80. The van der Waals surface area contributed by atoms with Crippen LogP contribution in [-0.2, 0) is 19.4 Å². The molecule has 0 spiro atoms. The third-order valence-electron chi connectivity index (χ3n) is 3.58. The van der Waals surface area contributed by atoms with Gasteiger partial charge in [-0.3, -0.25) is 4.57 Å². The molecule has 3 nitrogen and oxygen atoms in total. The van der Waals surface area contributed by atoms with Gasteiger partial charge in [0.05, 0.1) is 11.0 Å². The topological polar surface area (TPSA) is 37.8 Å². The molecule has 0 saturated heterocycles. The van der Waals surface area contributed by atoms with Gasteiger partial charge < -0.3 is 4.98 Å². The first kappa shape index (κ1) is 9.70. The van der Waals surface area contributed by atoms with E-state index < -0.39 is 0 Å². The molecule has 3 rings (SSSR count). The number of nitrogens with one attached hydrogen (secondary N) is 1. The Labute approximate surface area is 94.1 Å². The molecule has 16 heavy (non-hydrogen) atoms. The number of hydrogen-bond donors (Lipinski definition) is 1. The van der Waals surface area contributed by atoms with Crippen molar-refractivity contribution in [1.82, 2.24) is 9.55 Å². The summed E-state index contributed by atoms with van der Waals surface area (Å²) in [5.74, 6) is 0. The molecule has 0 bridgehead atoms. The molecule has 0 fully saturated rings. The fourth-order valence-corrected chi connectivity index (χ4v) is 2.80. The number of benzene rings is 1. The Morgan fingerprint density at radius 3 is 2.94 bits per heavy atom. The molecule has 1 aliphatic rings. The van der Waals surface area contributed by atoms with Crippen molar-refractivity contribution in [3.05, 3.63) is 33.7 Å². The first-order chi connectivity index (χ1) is 7.81. The Kier molecular flexibility index (Phi) is 2.13. The molecule has 1 aliphatic carbocycles. The van der Waals surface area contributed by atoms with Crippen molar-refractivity contribution in [2.24, 2.45) is 0 Å². The van der Waals surface area contributed by atoms with E-state index >= 15 is 0 Å². The van der Waals surface area contributed by atoms with E-state index in [1.54, 1.807) is 0 Å². The van der Waals surface area contributed by atoms with E-state index in [2.05, 4.69) is 11.1 Å². The molecule has 1 aromatic carbocycles. The Hall–Kier alpha value is -1.51. The van der Waals surface area contributed by atoms with Gasteiger partial charge in [0, 0.05) is 6.54 Å². The predicted octanol–water partition coefficient (Wildman–Crippen LogP) is 2.23. The van der Waals surface area contributed by atoms with Gasteiger partial charge in [-0.25, -0.2) is 4.79 Å². The van der Waals surface area contributed by atoms with Crippen LogP contribution in [0.1, 0.15) is 30.9 Å². The minimum absolute atomic E-state index is 0.0245. The summed E-state index contributed by atoms with van der Waals surface area (Å²) in [5.41, 5.74) is 4.98. The summed E-state index contributed by atoms with van der Waals surface area (Å²) in [7, 11) is 0. The van der Waals surface area contributed by atoms with E-state index in [1.165, 1.54) is 24.0 Å². The molecule has 3 heteroatoms. The van der Waals surface area contributed by atoms with Gasteiger partial charge in [0.25, 0.3) is 0 Å². The van der Waals surface area contributed by atoms with Crippen LogP contribution in [0, 0.1) is 0 Å². The minimum Gasteiger partial charge on any atom is -0.306 e. The summed E-state index contributed by atoms with van der Waals surface area (Å²) in [4.78, 5) is 14.7. The van der Waals surface area contributed by atoms with Gasteiger partial charge in [-0.2, -0.15) is 0 Å². The third kappa shape index (κ3) is 1.24. The third-order valence-corrected chi connectivity index (χ3v) is 3.58. The van der Waals surface area contributed by atoms with E-state index in [9.17, 15) is 4.79 Å². The van der Waals surface area contributed by atoms with Gasteiger partial charge in [-0.15, -0.1) is 0 Å². The first-order valence-electron chi connectivity index (χ1n) is 6.04. The standard InChI is InChI=1S/C13H16N2O/c1-2-15-12-10-6-4-3-5-9(10)7-8-11(12)14-13(15)16/h7-8H,2-6H2,1H3,(H,14,16). The second kappa shape index (κ2) is 3.51. The summed E-state index contributed by atoms with van der Waals surface area (Å²) in [6.45, 7) is 2.77. The molecular formula is C13H16N2O. The van der Waals surface area contributed by atoms with E-state index in [4.69, 9.17) is 0 Å². The molecule has 84 valence electrons. The maximum Gasteiger partial charge on any atom is 0.326 e. The maximum absolute atomic E-state index is 11.8. The van der Waals surface area contributed by atoms with Crippen molar-refractivity contribution in [2.45, 2.75) is 39.2 Å². The number of hydrogen-bond acceptors (Lipinski definition) is 1. The van der Waals surface area contributed by atoms with Crippen LogP contribution >= 0.6 is 0 Å². The molecule has 1 aromatic heterocycles. The van der Waals surface area contributed by atoms with Crippen molar-refractivity contribution in [3.8, 4) is 0 Å². The smallest absolute Gasteiger partial charge is 0.306 e. The van der Waals surface area contributed by atoms with Crippen LogP contribution in [-0.4, -0.2) is 9.55 Å². The number of imidazole rings is 1. The van der Waals surface area contributed by atoms with Crippen LogP contribution in [0.5, 0.6) is 0 Å².